The molecule has 0 unspecified atom stereocenters. The number of para-hydroxylation sites is 2. The molecule has 180 valence electrons. The van der Waals surface area contributed by atoms with Crippen LogP contribution in [0.2, 0.25) is 0 Å². The standard InChI is InChI=1S/C29H24N2O5/c1-34-23-17-9-15-21(26(23)35-2)25-24-27(36-31(25)19-12-4-3-5-13-19)29(33)30(28(24)32)22-16-8-11-18-10-6-7-14-20(18)22/h3-17,24-25,27H,1-2H3/t24-,25+,27-/m0/s1. The summed E-state index contributed by atoms with van der Waals surface area (Å²) < 4.78 is 11.3. The molecule has 36 heavy (non-hydrogen) atoms. The quantitative estimate of drug-likeness (QED) is 0.378. The maximum atomic E-state index is 14.1. The summed E-state index contributed by atoms with van der Waals surface area (Å²) in [7, 11) is 3.13. The first-order valence-corrected chi connectivity index (χ1v) is 11.7. The van der Waals surface area contributed by atoms with Crippen molar-refractivity contribution in [3.05, 3.63) is 96.6 Å². The van der Waals surface area contributed by atoms with Crippen molar-refractivity contribution >= 4 is 34.0 Å². The molecule has 2 heterocycles. The zero-order valence-corrected chi connectivity index (χ0v) is 19.8. The van der Waals surface area contributed by atoms with Gasteiger partial charge in [0.15, 0.2) is 17.6 Å². The van der Waals surface area contributed by atoms with E-state index in [0.717, 1.165) is 16.5 Å². The highest BCUT2D eigenvalue weighted by Gasteiger charge is 2.61. The molecule has 4 aromatic rings. The van der Waals surface area contributed by atoms with Crippen molar-refractivity contribution in [3.8, 4) is 11.5 Å². The van der Waals surface area contributed by atoms with Gasteiger partial charge in [-0.3, -0.25) is 14.4 Å². The molecule has 3 atom stereocenters. The molecule has 0 radical (unpaired) electrons. The molecule has 2 amide bonds. The SMILES string of the molecule is COc1cccc([C@@H]2[C@@H]3C(=O)N(c4cccc5ccccc45)C(=O)[C@H]3ON2c2ccccc2)c1OC. The summed E-state index contributed by atoms with van der Waals surface area (Å²) in [6.45, 7) is 0. The van der Waals surface area contributed by atoms with Gasteiger partial charge in [-0.2, -0.15) is 0 Å². The summed E-state index contributed by atoms with van der Waals surface area (Å²) in [5, 5.41) is 3.44. The first-order valence-electron chi connectivity index (χ1n) is 11.7. The first-order chi connectivity index (χ1) is 17.6. The van der Waals surface area contributed by atoms with Gasteiger partial charge in [0, 0.05) is 10.9 Å². The smallest absolute Gasteiger partial charge is 0.266 e. The third-order valence-corrected chi connectivity index (χ3v) is 6.89. The number of imide groups is 1. The predicted octanol–water partition coefficient (Wildman–Crippen LogP) is 4.91. The number of amides is 2. The minimum absolute atomic E-state index is 0.311. The number of benzene rings is 4. The van der Waals surface area contributed by atoms with Crippen LogP contribution in [0.15, 0.2) is 91.0 Å². The number of carbonyl (C=O) groups excluding carboxylic acids is 2. The van der Waals surface area contributed by atoms with Crippen LogP contribution in [0.4, 0.5) is 11.4 Å². The van der Waals surface area contributed by atoms with Gasteiger partial charge in [0.1, 0.15) is 12.0 Å². The second kappa shape index (κ2) is 8.70. The van der Waals surface area contributed by atoms with Crippen LogP contribution in [0.1, 0.15) is 11.6 Å². The zero-order valence-electron chi connectivity index (χ0n) is 19.8. The molecule has 0 aliphatic carbocycles. The van der Waals surface area contributed by atoms with Gasteiger partial charge < -0.3 is 9.47 Å². The summed E-state index contributed by atoms with van der Waals surface area (Å²) in [4.78, 5) is 35.4. The zero-order chi connectivity index (χ0) is 24.8. The van der Waals surface area contributed by atoms with Crippen LogP contribution in [-0.2, 0) is 14.4 Å². The third kappa shape index (κ3) is 3.24. The molecule has 6 rings (SSSR count). The molecule has 2 aliphatic heterocycles. The van der Waals surface area contributed by atoms with E-state index in [-0.39, 0.29) is 11.8 Å². The van der Waals surface area contributed by atoms with Crippen LogP contribution in [-0.4, -0.2) is 32.1 Å². The molecule has 0 bridgehead atoms. The Morgan fingerprint density at radius 2 is 1.47 bits per heavy atom. The molecule has 4 aromatic carbocycles. The van der Waals surface area contributed by atoms with E-state index in [4.69, 9.17) is 14.3 Å². The lowest BCUT2D eigenvalue weighted by molar-refractivity contribution is -0.126. The Balaban J connectivity index is 1.50. The van der Waals surface area contributed by atoms with Crippen molar-refractivity contribution in [2.45, 2.75) is 12.1 Å². The summed E-state index contributed by atoms with van der Waals surface area (Å²) in [5.41, 5.74) is 2.00. The van der Waals surface area contributed by atoms with E-state index < -0.39 is 18.1 Å². The van der Waals surface area contributed by atoms with Crippen molar-refractivity contribution in [1.82, 2.24) is 0 Å². The highest BCUT2D eigenvalue weighted by Crippen LogP contribution is 2.51. The highest BCUT2D eigenvalue weighted by molar-refractivity contribution is 6.26. The van der Waals surface area contributed by atoms with E-state index in [9.17, 15) is 9.59 Å². The minimum Gasteiger partial charge on any atom is -0.493 e. The van der Waals surface area contributed by atoms with Gasteiger partial charge in [-0.25, -0.2) is 9.96 Å². The number of hydroxylamine groups is 1. The van der Waals surface area contributed by atoms with E-state index in [0.29, 0.717) is 22.7 Å². The van der Waals surface area contributed by atoms with Gasteiger partial charge in [-0.05, 0) is 29.7 Å². The topological polar surface area (TPSA) is 68.3 Å². The number of anilines is 2. The molecule has 2 aliphatic rings. The van der Waals surface area contributed by atoms with Crippen LogP contribution >= 0.6 is 0 Å². The lowest BCUT2D eigenvalue weighted by Gasteiger charge is -2.30. The van der Waals surface area contributed by atoms with E-state index in [1.54, 1.807) is 31.4 Å². The first kappa shape index (κ1) is 22.1. The van der Waals surface area contributed by atoms with Crippen molar-refractivity contribution in [2.75, 3.05) is 24.2 Å². The molecule has 0 spiro atoms. The van der Waals surface area contributed by atoms with Crippen molar-refractivity contribution in [1.29, 1.82) is 0 Å². The Morgan fingerprint density at radius 3 is 2.25 bits per heavy atom. The number of fused-ring (bicyclic) bond motifs is 2. The number of rotatable bonds is 5. The molecular weight excluding hydrogens is 456 g/mol. The Labute approximate surface area is 208 Å². The Bertz CT molecular complexity index is 1470. The highest BCUT2D eigenvalue weighted by atomic mass is 16.7. The molecule has 7 heteroatoms. The van der Waals surface area contributed by atoms with E-state index in [1.807, 2.05) is 78.9 Å². The number of ether oxygens (including phenoxy) is 2. The maximum Gasteiger partial charge on any atom is 0.266 e. The maximum absolute atomic E-state index is 14.1. The van der Waals surface area contributed by atoms with Gasteiger partial charge >= 0.3 is 0 Å². The van der Waals surface area contributed by atoms with Gasteiger partial charge in [0.2, 0.25) is 5.91 Å². The molecular formula is C29H24N2O5. The average molecular weight is 481 g/mol. The van der Waals surface area contributed by atoms with Crippen LogP contribution in [0.3, 0.4) is 0 Å². The molecule has 2 saturated heterocycles. The molecule has 0 saturated carbocycles. The fourth-order valence-corrected chi connectivity index (χ4v) is 5.31. The third-order valence-electron chi connectivity index (χ3n) is 6.89. The van der Waals surface area contributed by atoms with Crippen LogP contribution < -0.4 is 19.4 Å². The summed E-state index contributed by atoms with van der Waals surface area (Å²) in [5.74, 6) is -0.438. The van der Waals surface area contributed by atoms with E-state index >= 15 is 0 Å². The number of nitrogens with zero attached hydrogens (tertiary/aromatic N) is 2. The number of carbonyl (C=O) groups is 2. The fourth-order valence-electron chi connectivity index (χ4n) is 5.31. The second-order valence-electron chi connectivity index (χ2n) is 8.75. The Hall–Kier alpha value is -4.36. The fraction of sp³-hybridized carbons (Fsp3) is 0.172. The van der Waals surface area contributed by atoms with Crippen molar-refractivity contribution in [3.63, 3.8) is 0 Å². The lowest BCUT2D eigenvalue weighted by Crippen LogP contribution is -2.37. The normalized spacial score (nSPS) is 21.2. The Morgan fingerprint density at radius 1 is 0.750 bits per heavy atom. The van der Waals surface area contributed by atoms with Crippen LogP contribution in [0.5, 0.6) is 11.5 Å². The van der Waals surface area contributed by atoms with Crippen LogP contribution in [0, 0.1) is 5.92 Å². The van der Waals surface area contributed by atoms with Gasteiger partial charge in [-0.15, -0.1) is 0 Å². The van der Waals surface area contributed by atoms with Gasteiger partial charge in [0.05, 0.1) is 25.6 Å². The predicted molar refractivity (Wildman–Crippen MR) is 136 cm³/mol. The largest absolute Gasteiger partial charge is 0.493 e. The van der Waals surface area contributed by atoms with Gasteiger partial charge in [0.25, 0.3) is 5.91 Å². The van der Waals surface area contributed by atoms with E-state index in [1.165, 1.54) is 4.90 Å². The average Bonchev–Trinajstić information content (AvgIpc) is 3.43. The molecule has 0 N–H and O–H groups in total. The number of hydrogen-bond acceptors (Lipinski definition) is 6. The number of hydrogen-bond donors (Lipinski definition) is 0. The second-order valence-corrected chi connectivity index (χ2v) is 8.75. The molecule has 0 aromatic heterocycles. The molecule has 2 fully saturated rings. The summed E-state index contributed by atoms with van der Waals surface area (Å²) in [6.07, 6.45) is -0.974. The lowest BCUT2D eigenvalue weighted by atomic mass is 9.89. The summed E-state index contributed by atoms with van der Waals surface area (Å²) >= 11 is 0. The van der Waals surface area contributed by atoms with Crippen molar-refractivity contribution < 1.29 is 23.9 Å². The van der Waals surface area contributed by atoms with Gasteiger partial charge in [-0.1, -0.05) is 66.7 Å². The Kier molecular flexibility index (Phi) is 5.34. The minimum atomic E-state index is -0.974. The van der Waals surface area contributed by atoms with Crippen molar-refractivity contribution in [2.24, 2.45) is 5.92 Å². The molecule has 7 nitrogen and oxygen atoms in total. The summed E-state index contributed by atoms with van der Waals surface area (Å²) in [6, 6.07) is 27.7. The number of methoxy groups -OCH3 is 2. The van der Waals surface area contributed by atoms with Crippen LogP contribution in [0.25, 0.3) is 10.8 Å². The monoisotopic (exact) mass is 480 g/mol. The van der Waals surface area contributed by atoms with E-state index in [2.05, 4.69) is 0 Å².